The van der Waals surface area contributed by atoms with Gasteiger partial charge >= 0.3 is 0 Å². The Morgan fingerprint density at radius 3 is 2.64 bits per heavy atom. The number of nitrogens with one attached hydrogen (secondary N) is 2. The van der Waals surface area contributed by atoms with E-state index in [9.17, 15) is 14.9 Å². The number of benzene rings is 3. The van der Waals surface area contributed by atoms with E-state index in [0.717, 1.165) is 32.4 Å². The fraction of sp³-hybridized carbons (Fsp3) is 0.222. The number of aromatic nitrogens is 1. The van der Waals surface area contributed by atoms with E-state index in [-0.39, 0.29) is 16.4 Å². The number of hydrogen-bond donors (Lipinski definition) is 2. The van der Waals surface area contributed by atoms with Crippen LogP contribution in [0.25, 0.3) is 22.6 Å². The van der Waals surface area contributed by atoms with Crippen LogP contribution in [0.4, 0.5) is 17.1 Å². The van der Waals surface area contributed by atoms with Crippen molar-refractivity contribution in [2.75, 3.05) is 30.4 Å². The molecule has 4 aromatic rings. The minimum absolute atomic E-state index is 0.0350. The number of ether oxygens (including phenoxy) is 1. The number of anilines is 2. The summed E-state index contributed by atoms with van der Waals surface area (Å²) in [6, 6.07) is 14.9. The number of amides is 1. The predicted molar refractivity (Wildman–Crippen MR) is 154 cm³/mol. The van der Waals surface area contributed by atoms with Crippen molar-refractivity contribution in [3.63, 3.8) is 0 Å². The van der Waals surface area contributed by atoms with Crippen molar-refractivity contribution in [2.45, 2.75) is 19.3 Å². The lowest BCUT2D eigenvalue weighted by molar-refractivity contribution is -0.384. The van der Waals surface area contributed by atoms with Crippen LogP contribution in [0.2, 0.25) is 5.02 Å². The van der Waals surface area contributed by atoms with Gasteiger partial charge in [0.1, 0.15) is 17.0 Å². The van der Waals surface area contributed by atoms with E-state index in [0.29, 0.717) is 44.7 Å². The van der Waals surface area contributed by atoms with Gasteiger partial charge in [-0.2, -0.15) is 0 Å². The zero-order chi connectivity index (χ0) is 27.5. The lowest BCUT2D eigenvalue weighted by Gasteiger charge is -2.28. The van der Waals surface area contributed by atoms with Gasteiger partial charge in [-0.1, -0.05) is 11.6 Å². The SMILES string of the molecule is COc1ccc(-c2nc3cc(NC(=S)NC(=O)c4ccc(N5CCCCC5)c([N+](=O)[O-])c4)ccc3o2)cc1Cl. The Kier molecular flexibility index (Phi) is 7.62. The number of fused-ring (bicyclic) bond motifs is 1. The van der Waals surface area contributed by atoms with Crippen LogP contribution in [0, 0.1) is 10.1 Å². The summed E-state index contributed by atoms with van der Waals surface area (Å²) in [5.74, 6) is 0.380. The molecule has 2 heterocycles. The van der Waals surface area contributed by atoms with Gasteiger partial charge < -0.3 is 19.4 Å². The molecule has 1 saturated heterocycles. The van der Waals surface area contributed by atoms with Crippen LogP contribution >= 0.6 is 23.8 Å². The molecule has 2 N–H and O–H groups in total. The Morgan fingerprint density at radius 2 is 1.92 bits per heavy atom. The third kappa shape index (κ3) is 5.79. The molecule has 5 rings (SSSR count). The molecule has 3 aromatic carbocycles. The molecule has 0 bridgehead atoms. The Bertz CT molecular complexity index is 1580. The number of oxazole rings is 1. The highest BCUT2D eigenvalue weighted by Crippen LogP contribution is 2.33. The first-order valence-corrected chi connectivity index (χ1v) is 13.0. The minimum atomic E-state index is -0.554. The largest absolute Gasteiger partial charge is 0.495 e. The maximum Gasteiger partial charge on any atom is 0.293 e. The fourth-order valence-corrected chi connectivity index (χ4v) is 4.95. The Balaban J connectivity index is 1.28. The third-order valence-corrected chi connectivity index (χ3v) is 6.90. The van der Waals surface area contributed by atoms with Gasteiger partial charge in [-0.3, -0.25) is 20.2 Å². The zero-order valence-corrected chi connectivity index (χ0v) is 22.5. The van der Waals surface area contributed by atoms with E-state index < -0.39 is 10.8 Å². The Hall–Kier alpha value is -4.22. The summed E-state index contributed by atoms with van der Waals surface area (Å²) in [5.41, 5.74) is 2.95. The summed E-state index contributed by atoms with van der Waals surface area (Å²) in [6.45, 7) is 1.51. The van der Waals surface area contributed by atoms with E-state index in [4.69, 9.17) is 33.0 Å². The highest BCUT2D eigenvalue weighted by molar-refractivity contribution is 7.80. The number of hydrogen-bond acceptors (Lipinski definition) is 8. The summed E-state index contributed by atoms with van der Waals surface area (Å²) < 4.78 is 11.0. The van der Waals surface area contributed by atoms with E-state index in [1.165, 1.54) is 13.2 Å². The van der Waals surface area contributed by atoms with Gasteiger partial charge in [-0.05, 0) is 80.0 Å². The molecule has 0 spiro atoms. The number of nitro groups is 1. The fourth-order valence-electron chi connectivity index (χ4n) is 4.48. The molecule has 10 nitrogen and oxygen atoms in total. The monoisotopic (exact) mass is 565 g/mol. The van der Waals surface area contributed by atoms with E-state index in [2.05, 4.69) is 15.6 Å². The average Bonchev–Trinajstić information content (AvgIpc) is 3.36. The smallest absolute Gasteiger partial charge is 0.293 e. The molecule has 1 fully saturated rings. The van der Waals surface area contributed by atoms with E-state index in [1.807, 2.05) is 4.90 Å². The molecular formula is C27H24ClN5O5S. The molecule has 0 unspecified atom stereocenters. The normalized spacial score (nSPS) is 13.2. The molecule has 1 aliphatic heterocycles. The highest BCUT2D eigenvalue weighted by Gasteiger charge is 2.23. The summed E-state index contributed by atoms with van der Waals surface area (Å²) in [5, 5.41) is 17.7. The summed E-state index contributed by atoms with van der Waals surface area (Å²) in [4.78, 5) is 30.6. The second kappa shape index (κ2) is 11.3. The van der Waals surface area contributed by atoms with Gasteiger partial charge in [-0.15, -0.1) is 0 Å². The molecule has 0 aliphatic carbocycles. The lowest BCUT2D eigenvalue weighted by atomic mass is 10.1. The zero-order valence-electron chi connectivity index (χ0n) is 20.9. The van der Waals surface area contributed by atoms with Crippen LogP contribution in [0.3, 0.4) is 0 Å². The maximum atomic E-state index is 12.8. The molecule has 1 aromatic heterocycles. The number of thiocarbonyl (C=S) groups is 1. The predicted octanol–water partition coefficient (Wildman–Crippen LogP) is 6.18. The van der Waals surface area contributed by atoms with E-state index in [1.54, 1.807) is 48.5 Å². The van der Waals surface area contributed by atoms with Crippen molar-refractivity contribution >= 4 is 63.0 Å². The molecule has 39 heavy (non-hydrogen) atoms. The molecule has 1 amide bonds. The van der Waals surface area contributed by atoms with Crippen LogP contribution in [0.15, 0.2) is 59.0 Å². The van der Waals surface area contributed by atoms with Crippen molar-refractivity contribution in [2.24, 2.45) is 0 Å². The van der Waals surface area contributed by atoms with Crippen molar-refractivity contribution in [3.05, 3.63) is 75.3 Å². The summed E-state index contributed by atoms with van der Waals surface area (Å²) >= 11 is 11.5. The van der Waals surface area contributed by atoms with Gasteiger partial charge in [0.15, 0.2) is 10.7 Å². The number of piperidine rings is 1. The highest BCUT2D eigenvalue weighted by atomic mass is 35.5. The van der Waals surface area contributed by atoms with Gasteiger partial charge in [0.05, 0.1) is 17.1 Å². The minimum Gasteiger partial charge on any atom is -0.495 e. The number of nitro benzene ring substituents is 1. The number of nitrogens with zero attached hydrogens (tertiary/aromatic N) is 3. The summed E-state index contributed by atoms with van der Waals surface area (Å²) in [6.07, 6.45) is 3.07. The van der Waals surface area contributed by atoms with Crippen molar-refractivity contribution in [1.29, 1.82) is 0 Å². The lowest BCUT2D eigenvalue weighted by Crippen LogP contribution is -2.34. The van der Waals surface area contributed by atoms with Gasteiger partial charge in [0.2, 0.25) is 5.89 Å². The van der Waals surface area contributed by atoms with Gasteiger partial charge in [0.25, 0.3) is 11.6 Å². The number of carbonyl (C=O) groups excluding carboxylic acids is 1. The number of rotatable bonds is 6. The van der Waals surface area contributed by atoms with Crippen molar-refractivity contribution in [3.8, 4) is 17.2 Å². The molecular weight excluding hydrogens is 542 g/mol. The quantitative estimate of drug-likeness (QED) is 0.160. The first-order valence-electron chi connectivity index (χ1n) is 12.2. The molecule has 1 aliphatic rings. The third-order valence-electron chi connectivity index (χ3n) is 6.40. The first kappa shape index (κ1) is 26.4. The second-order valence-electron chi connectivity index (χ2n) is 8.97. The Labute approximate surface area is 234 Å². The van der Waals surface area contributed by atoms with Crippen LogP contribution in [-0.2, 0) is 0 Å². The molecule has 200 valence electrons. The van der Waals surface area contributed by atoms with E-state index >= 15 is 0 Å². The number of halogens is 1. The van der Waals surface area contributed by atoms with Crippen LogP contribution < -0.4 is 20.3 Å². The first-order chi connectivity index (χ1) is 18.8. The van der Waals surface area contributed by atoms with Crippen molar-refractivity contribution < 1.29 is 18.9 Å². The molecule has 0 atom stereocenters. The molecule has 0 saturated carbocycles. The number of carbonyl (C=O) groups is 1. The van der Waals surface area contributed by atoms with Crippen molar-refractivity contribution in [1.82, 2.24) is 10.3 Å². The van der Waals surface area contributed by atoms with Gasteiger partial charge in [0, 0.05) is 36.0 Å². The maximum absolute atomic E-state index is 12.8. The van der Waals surface area contributed by atoms with Crippen LogP contribution in [-0.4, -0.2) is 41.1 Å². The van der Waals surface area contributed by atoms with Crippen LogP contribution in [0.1, 0.15) is 29.6 Å². The summed E-state index contributed by atoms with van der Waals surface area (Å²) in [7, 11) is 1.54. The Morgan fingerprint density at radius 1 is 1.13 bits per heavy atom. The topological polar surface area (TPSA) is 123 Å². The van der Waals surface area contributed by atoms with Crippen LogP contribution in [0.5, 0.6) is 5.75 Å². The second-order valence-corrected chi connectivity index (χ2v) is 9.78. The molecule has 12 heteroatoms. The standard InChI is InChI=1S/C27H24ClN5O5S/c1-37-23-9-6-17(13-19(23)28)26-30-20-15-18(7-10-24(20)38-26)29-27(39)31-25(34)16-5-8-21(22(14-16)33(35)36)32-11-3-2-4-12-32/h5-10,13-15H,2-4,11-12H2,1H3,(H2,29,31,34,39). The van der Waals surface area contributed by atoms with Gasteiger partial charge in [-0.25, -0.2) is 4.98 Å². The molecule has 0 radical (unpaired) electrons. The number of methoxy groups -OCH3 is 1. The average molecular weight is 566 g/mol.